The van der Waals surface area contributed by atoms with E-state index in [9.17, 15) is 14.7 Å². The molecule has 0 bridgehead atoms. The number of carboxylic acids is 1. The average molecular weight is 504 g/mol. The van der Waals surface area contributed by atoms with Crippen LogP contribution in [-0.2, 0) is 6.42 Å². The van der Waals surface area contributed by atoms with Gasteiger partial charge in [0, 0.05) is 23.9 Å². The topological polar surface area (TPSA) is 70.7 Å². The van der Waals surface area contributed by atoms with E-state index in [1.54, 1.807) is 19.1 Å². The van der Waals surface area contributed by atoms with E-state index in [1.807, 2.05) is 24.3 Å². The van der Waals surface area contributed by atoms with Crippen molar-refractivity contribution in [2.24, 2.45) is 0 Å². The molecular formula is C32H41NO4. The number of hydrogen-bond donors (Lipinski definition) is 1. The Bertz CT molecular complexity index is 1210. The zero-order valence-corrected chi connectivity index (χ0v) is 22.8. The Morgan fingerprint density at radius 2 is 1.59 bits per heavy atom. The number of nitrogens with zero attached hydrogens (tertiary/aromatic N) is 1. The minimum absolute atomic E-state index is 0.133. The Kier molecular flexibility index (Phi) is 10.7. The first kappa shape index (κ1) is 28.4. The molecule has 0 amide bonds. The number of hydrogen-bond acceptors (Lipinski definition) is 4. The van der Waals surface area contributed by atoms with Crippen LogP contribution in [0, 0.1) is 6.92 Å². The Morgan fingerprint density at radius 1 is 0.946 bits per heavy atom. The van der Waals surface area contributed by atoms with Crippen molar-refractivity contribution in [3.8, 4) is 0 Å². The van der Waals surface area contributed by atoms with Gasteiger partial charge in [0.25, 0.3) is 0 Å². The smallest absolute Gasteiger partial charge is 0.335 e. The number of unbranched alkanes of at least 4 members (excludes halogenated alkanes) is 3. The molecular weight excluding hydrogens is 462 g/mol. The third kappa shape index (κ3) is 7.42. The van der Waals surface area contributed by atoms with Gasteiger partial charge in [0.15, 0.2) is 5.78 Å². The molecule has 37 heavy (non-hydrogen) atoms. The van der Waals surface area contributed by atoms with Crippen LogP contribution in [0.15, 0.2) is 46.9 Å². The summed E-state index contributed by atoms with van der Waals surface area (Å²) in [7, 11) is 0. The Balaban J connectivity index is 1.84. The van der Waals surface area contributed by atoms with Crippen LogP contribution in [0.25, 0.3) is 17.0 Å². The van der Waals surface area contributed by atoms with Crippen molar-refractivity contribution in [3.05, 3.63) is 76.1 Å². The molecule has 0 radical (unpaired) electrons. The van der Waals surface area contributed by atoms with Gasteiger partial charge in [0.2, 0.25) is 0 Å². The summed E-state index contributed by atoms with van der Waals surface area (Å²) in [4.78, 5) is 27.9. The molecule has 198 valence electrons. The molecule has 0 aliphatic carbocycles. The Hall–Kier alpha value is -3.18. The van der Waals surface area contributed by atoms with Crippen LogP contribution in [0.4, 0.5) is 0 Å². The summed E-state index contributed by atoms with van der Waals surface area (Å²) < 4.78 is 6.08. The predicted molar refractivity (Wildman–Crippen MR) is 152 cm³/mol. The lowest BCUT2D eigenvalue weighted by Crippen LogP contribution is -2.26. The number of fused-ring (bicyclic) bond motifs is 1. The van der Waals surface area contributed by atoms with Crippen LogP contribution in [0.1, 0.15) is 102 Å². The predicted octanol–water partition coefficient (Wildman–Crippen LogP) is 7.93. The summed E-state index contributed by atoms with van der Waals surface area (Å²) in [6.07, 6.45) is 11.6. The number of aryl methyl sites for hydroxylation is 2. The van der Waals surface area contributed by atoms with Crippen LogP contribution in [0.5, 0.6) is 0 Å². The highest BCUT2D eigenvalue weighted by Crippen LogP contribution is 2.32. The van der Waals surface area contributed by atoms with Gasteiger partial charge in [0.1, 0.15) is 11.3 Å². The van der Waals surface area contributed by atoms with E-state index in [0.29, 0.717) is 39.8 Å². The number of aromatic carboxylic acids is 1. The van der Waals surface area contributed by atoms with Crippen LogP contribution in [-0.4, -0.2) is 41.4 Å². The second-order valence-electron chi connectivity index (χ2n) is 9.83. The second-order valence-corrected chi connectivity index (χ2v) is 9.83. The zero-order valence-electron chi connectivity index (χ0n) is 22.8. The zero-order chi connectivity index (χ0) is 26.8. The van der Waals surface area contributed by atoms with E-state index in [4.69, 9.17) is 4.42 Å². The van der Waals surface area contributed by atoms with E-state index in [1.165, 1.54) is 25.7 Å². The second kappa shape index (κ2) is 13.9. The lowest BCUT2D eigenvalue weighted by Gasteiger charge is -2.19. The van der Waals surface area contributed by atoms with E-state index in [-0.39, 0.29) is 11.3 Å². The van der Waals surface area contributed by atoms with Crippen LogP contribution in [0.3, 0.4) is 0 Å². The van der Waals surface area contributed by atoms with Crippen molar-refractivity contribution in [1.29, 1.82) is 0 Å². The third-order valence-electron chi connectivity index (χ3n) is 6.83. The van der Waals surface area contributed by atoms with Crippen molar-refractivity contribution < 1.29 is 19.1 Å². The fourth-order valence-corrected chi connectivity index (χ4v) is 4.57. The number of carbonyl (C=O) groups is 2. The Morgan fingerprint density at radius 3 is 2.19 bits per heavy atom. The molecule has 0 atom stereocenters. The van der Waals surface area contributed by atoms with E-state index < -0.39 is 5.97 Å². The molecule has 0 saturated heterocycles. The molecule has 5 heteroatoms. The highest BCUT2D eigenvalue weighted by atomic mass is 16.4. The number of carboxylic acid groups (broad SMARTS) is 1. The first-order valence-electron chi connectivity index (χ1n) is 13.7. The fraction of sp³-hybridized carbons (Fsp3) is 0.438. The highest BCUT2D eigenvalue weighted by molar-refractivity contribution is 6.17. The summed E-state index contributed by atoms with van der Waals surface area (Å²) >= 11 is 0. The largest absolute Gasteiger partial charge is 0.478 e. The van der Waals surface area contributed by atoms with Crippen LogP contribution < -0.4 is 0 Å². The van der Waals surface area contributed by atoms with Gasteiger partial charge in [-0.25, -0.2) is 4.79 Å². The van der Waals surface area contributed by atoms with E-state index in [2.05, 4.69) is 37.8 Å². The van der Waals surface area contributed by atoms with Gasteiger partial charge in [0.05, 0.1) is 11.1 Å². The third-order valence-corrected chi connectivity index (χ3v) is 6.83. The number of carbonyl (C=O) groups excluding carboxylic acids is 1. The van der Waals surface area contributed by atoms with Gasteiger partial charge in [-0.2, -0.15) is 0 Å². The maximum atomic E-state index is 13.7. The van der Waals surface area contributed by atoms with Crippen molar-refractivity contribution in [2.45, 2.75) is 72.6 Å². The molecule has 0 saturated carbocycles. The molecule has 0 aliphatic heterocycles. The quantitative estimate of drug-likeness (QED) is 0.213. The van der Waals surface area contributed by atoms with Crippen molar-refractivity contribution in [3.63, 3.8) is 0 Å². The number of rotatable bonds is 15. The number of ketones is 1. The molecule has 0 spiro atoms. The first-order chi connectivity index (χ1) is 17.9. The monoisotopic (exact) mass is 503 g/mol. The molecule has 2 aromatic carbocycles. The molecule has 3 aromatic rings. The lowest BCUT2D eigenvalue weighted by atomic mass is 9.96. The van der Waals surface area contributed by atoms with Gasteiger partial charge < -0.3 is 9.52 Å². The molecule has 5 nitrogen and oxygen atoms in total. The SMILES string of the molecule is CCCCc1oc2cc(C)c(C(=O)O)cc2c1C(=O)c1ccc(/C=C\CN(CCCC)CCCC)cc1. The Labute approximate surface area is 221 Å². The number of furan rings is 1. The maximum absolute atomic E-state index is 13.7. The minimum atomic E-state index is -1.01. The summed E-state index contributed by atoms with van der Waals surface area (Å²) in [5.41, 5.74) is 3.48. The molecule has 1 N–H and O–H groups in total. The van der Waals surface area contributed by atoms with Gasteiger partial charge in [-0.05, 0) is 62.5 Å². The van der Waals surface area contributed by atoms with Crippen molar-refractivity contribution >= 4 is 28.8 Å². The van der Waals surface area contributed by atoms with Crippen LogP contribution in [0.2, 0.25) is 0 Å². The van der Waals surface area contributed by atoms with Crippen molar-refractivity contribution in [1.82, 2.24) is 4.90 Å². The summed E-state index contributed by atoms with van der Waals surface area (Å²) in [6, 6.07) is 10.9. The fourth-order valence-electron chi connectivity index (χ4n) is 4.57. The summed E-state index contributed by atoms with van der Waals surface area (Å²) in [6.45, 7) is 11.5. The normalized spacial score (nSPS) is 11.7. The standard InChI is InChI=1S/C32H41NO4/c1-5-8-13-28-30(27-22-26(32(35)36)23(4)21-29(27)37-28)31(34)25-16-14-24(15-17-25)12-11-20-33(18-9-6-2)19-10-7-3/h11-12,14-17,21-22H,5-10,13,18-20H2,1-4H3,(H,35,36)/b12-11-. The average Bonchev–Trinajstić information content (AvgIpc) is 3.24. The van der Waals surface area contributed by atoms with Gasteiger partial charge in [-0.3, -0.25) is 9.69 Å². The van der Waals surface area contributed by atoms with Gasteiger partial charge in [-0.1, -0.05) is 76.5 Å². The van der Waals surface area contributed by atoms with Crippen LogP contribution >= 0.6 is 0 Å². The summed E-state index contributed by atoms with van der Waals surface area (Å²) in [5.74, 6) is -0.508. The minimum Gasteiger partial charge on any atom is -0.478 e. The number of benzene rings is 2. The van der Waals surface area contributed by atoms with E-state index in [0.717, 1.165) is 38.0 Å². The maximum Gasteiger partial charge on any atom is 0.335 e. The first-order valence-corrected chi connectivity index (χ1v) is 13.7. The molecule has 1 aromatic heterocycles. The molecule has 0 fully saturated rings. The van der Waals surface area contributed by atoms with Gasteiger partial charge >= 0.3 is 5.97 Å². The molecule has 1 heterocycles. The van der Waals surface area contributed by atoms with Gasteiger partial charge in [-0.15, -0.1) is 0 Å². The molecule has 3 rings (SSSR count). The van der Waals surface area contributed by atoms with E-state index >= 15 is 0 Å². The molecule has 0 aliphatic rings. The van der Waals surface area contributed by atoms with Crippen molar-refractivity contribution in [2.75, 3.05) is 19.6 Å². The summed E-state index contributed by atoms with van der Waals surface area (Å²) in [5, 5.41) is 10.2. The highest BCUT2D eigenvalue weighted by Gasteiger charge is 2.23. The molecule has 0 unspecified atom stereocenters. The lowest BCUT2D eigenvalue weighted by molar-refractivity contribution is 0.0696.